The number of alkyl halides is 1. The van der Waals surface area contributed by atoms with Crippen LogP contribution in [0.25, 0.3) is 0 Å². The first-order valence-corrected chi connectivity index (χ1v) is 6.01. The van der Waals surface area contributed by atoms with Crippen LogP contribution >= 0.6 is 8.38 Å². The molecule has 0 rings (SSSR count). The second kappa shape index (κ2) is 7.49. The van der Waals surface area contributed by atoms with Gasteiger partial charge in [0, 0.05) is 26.2 Å². The molecule has 16 heavy (non-hydrogen) atoms. The molecule has 0 bridgehead atoms. The zero-order chi connectivity index (χ0) is 12.7. The molecule has 0 spiro atoms. The number of halogens is 1. The van der Waals surface area contributed by atoms with Crippen molar-refractivity contribution in [3.63, 3.8) is 0 Å². The second-order valence-electron chi connectivity index (χ2n) is 3.24. The fourth-order valence-electron chi connectivity index (χ4n) is 1.16. The van der Waals surface area contributed by atoms with Crippen molar-refractivity contribution in [2.45, 2.75) is 6.92 Å². The Morgan fingerprint density at radius 1 is 1.44 bits per heavy atom. The number of carbonyl (C=O) groups is 2. The highest BCUT2D eigenvalue weighted by atomic mass is 31.2. The molecule has 94 valence electrons. The largest absolute Gasteiger partial charge is 0.481 e. The number of amides is 1. The molecule has 1 unspecified atom stereocenters. The monoisotopic (exact) mass is 255 g/mol. The Hall–Kier alpha value is -0.780. The highest BCUT2D eigenvalue weighted by Crippen LogP contribution is 2.27. The summed E-state index contributed by atoms with van der Waals surface area (Å²) in [6.45, 7) is 0.0383. The van der Waals surface area contributed by atoms with E-state index in [0.29, 0.717) is 0 Å². The van der Waals surface area contributed by atoms with Gasteiger partial charge in [0.15, 0.2) is 8.38 Å². The van der Waals surface area contributed by atoms with E-state index in [9.17, 15) is 14.0 Å². The summed E-state index contributed by atoms with van der Waals surface area (Å²) in [7, 11) is -2.34. The summed E-state index contributed by atoms with van der Waals surface area (Å²) in [4.78, 5) is 40.3. The number of rotatable bonds is 7. The molecule has 0 radical (unpaired) electrons. The van der Waals surface area contributed by atoms with Gasteiger partial charge in [-0.15, -0.1) is 0 Å². The number of nitrogens with zero attached hydrogens (tertiary/aromatic N) is 1. The number of hydrogen-bond donors (Lipinski definition) is 3. The zero-order valence-corrected chi connectivity index (χ0v) is 9.73. The predicted octanol–water partition coefficient (Wildman–Crippen LogP) is -0.198. The third kappa shape index (κ3) is 5.95. The minimum absolute atomic E-state index is 0.187. The molecule has 1 atom stereocenters. The molecule has 0 aliphatic carbocycles. The van der Waals surface area contributed by atoms with Crippen molar-refractivity contribution in [3.8, 4) is 0 Å². The van der Waals surface area contributed by atoms with E-state index in [2.05, 4.69) is 0 Å². The summed E-state index contributed by atoms with van der Waals surface area (Å²) in [6.07, 6.45) is -0.333. The van der Waals surface area contributed by atoms with Gasteiger partial charge in [-0.1, -0.05) is 0 Å². The van der Waals surface area contributed by atoms with Crippen molar-refractivity contribution >= 4 is 20.3 Å². The maximum absolute atomic E-state index is 12.1. The molecule has 0 aliphatic heterocycles. The van der Waals surface area contributed by atoms with Crippen LogP contribution in [0.15, 0.2) is 0 Å². The summed E-state index contributed by atoms with van der Waals surface area (Å²) in [5.41, 5.74) is 0. The average molecular weight is 255 g/mol. The Morgan fingerprint density at radius 3 is 2.31 bits per heavy atom. The van der Waals surface area contributed by atoms with E-state index in [1.165, 1.54) is 6.92 Å². The van der Waals surface area contributed by atoms with E-state index < -0.39 is 32.8 Å². The molecule has 3 N–H and O–H groups in total. The van der Waals surface area contributed by atoms with Crippen molar-refractivity contribution in [2.24, 2.45) is 5.92 Å². The molecular formula is C8H15FNO5P. The van der Waals surface area contributed by atoms with Gasteiger partial charge in [-0.2, -0.15) is 0 Å². The van der Waals surface area contributed by atoms with Gasteiger partial charge >= 0.3 is 5.97 Å². The van der Waals surface area contributed by atoms with E-state index in [1.54, 1.807) is 0 Å². The van der Waals surface area contributed by atoms with Crippen molar-refractivity contribution in [1.82, 2.24) is 4.90 Å². The van der Waals surface area contributed by atoms with Gasteiger partial charge in [0.1, 0.15) is 6.67 Å². The zero-order valence-electron chi connectivity index (χ0n) is 8.84. The van der Waals surface area contributed by atoms with Gasteiger partial charge in [-0.05, 0) is 0 Å². The number of carbonyl (C=O) groups excluding carboxylic acids is 1. The molecule has 0 saturated heterocycles. The van der Waals surface area contributed by atoms with Gasteiger partial charge < -0.3 is 19.8 Å². The molecule has 0 fully saturated rings. The first-order valence-electron chi connectivity index (χ1n) is 4.58. The lowest BCUT2D eigenvalue weighted by Crippen LogP contribution is -2.38. The molecule has 0 heterocycles. The van der Waals surface area contributed by atoms with E-state index in [1.807, 2.05) is 0 Å². The SMILES string of the molecule is CC(=O)N(CCF)CC(CP(O)O)C(=O)O. The van der Waals surface area contributed by atoms with Crippen LogP contribution < -0.4 is 0 Å². The normalized spacial score (nSPS) is 12.6. The molecule has 1 amide bonds. The first kappa shape index (κ1) is 15.2. The lowest BCUT2D eigenvalue weighted by atomic mass is 10.1. The fraction of sp³-hybridized carbons (Fsp3) is 0.750. The Morgan fingerprint density at radius 2 is 2.00 bits per heavy atom. The lowest BCUT2D eigenvalue weighted by molar-refractivity contribution is -0.142. The molecule has 8 heteroatoms. The molecule has 0 aromatic carbocycles. The number of aliphatic carboxylic acids is 1. The predicted molar refractivity (Wildman–Crippen MR) is 55.6 cm³/mol. The van der Waals surface area contributed by atoms with Gasteiger partial charge in [0.2, 0.25) is 5.91 Å². The summed E-state index contributed by atoms with van der Waals surface area (Å²) in [5, 5.41) is 8.78. The summed E-state index contributed by atoms with van der Waals surface area (Å²) >= 11 is 0. The topological polar surface area (TPSA) is 98.1 Å². The van der Waals surface area contributed by atoms with Gasteiger partial charge in [0.05, 0.1) is 5.92 Å². The van der Waals surface area contributed by atoms with Crippen LogP contribution in [0.3, 0.4) is 0 Å². The van der Waals surface area contributed by atoms with E-state index in [0.717, 1.165) is 4.90 Å². The van der Waals surface area contributed by atoms with Crippen LogP contribution in [0.2, 0.25) is 0 Å². The highest BCUT2D eigenvalue weighted by Gasteiger charge is 2.25. The Balaban J connectivity index is 4.44. The first-order chi connectivity index (χ1) is 7.38. The van der Waals surface area contributed by atoms with Crippen LogP contribution in [-0.2, 0) is 9.59 Å². The highest BCUT2D eigenvalue weighted by molar-refractivity contribution is 7.45. The van der Waals surface area contributed by atoms with Crippen LogP contribution in [-0.4, -0.2) is 57.6 Å². The smallest absolute Gasteiger partial charge is 0.308 e. The third-order valence-electron chi connectivity index (χ3n) is 1.97. The molecule has 0 aromatic rings. The number of carboxylic acids is 1. The van der Waals surface area contributed by atoms with Crippen molar-refractivity contribution in [1.29, 1.82) is 0 Å². The molecular weight excluding hydrogens is 240 g/mol. The lowest BCUT2D eigenvalue weighted by Gasteiger charge is -2.23. The van der Waals surface area contributed by atoms with Gasteiger partial charge in [-0.3, -0.25) is 9.59 Å². The maximum Gasteiger partial charge on any atom is 0.308 e. The quantitative estimate of drug-likeness (QED) is 0.547. The molecule has 0 saturated carbocycles. The van der Waals surface area contributed by atoms with Crippen LogP contribution in [0.5, 0.6) is 0 Å². The summed E-state index contributed by atoms with van der Waals surface area (Å²) < 4.78 is 12.1. The maximum atomic E-state index is 12.1. The Bertz CT molecular complexity index is 251. The summed E-state index contributed by atoms with van der Waals surface area (Å²) in [6, 6.07) is 0. The van der Waals surface area contributed by atoms with Crippen molar-refractivity contribution in [2.75, 3.05) is 25.9 Å². The standard InChI is InChI=1S/C8H15FNO5P/c1-6(11)10(3-2-9)4-7(8(12)13)5-16(14)15/h7,14-15H,2-5H2,1H3,(H,12,13). The van der Waals surface area contributed by atoms with Crippen LogP contribution in [0.1, 0.15) is 6.92 Å². The number of carboxylic acid groups (broad SMARTS) is 1. The van der Waals surface area contributed by atoms with Crippen molar-refractivity contribution < 1.29 is 28.9 Å². The average Bonchev–Trinajstić information content (AvgIpc) is 2.14. The van der Waals surface area contributed by atoms with Gasteiger partial charge in [-0.25, -0.2) is 4.39 Å². The second-order valence-corrected chi connectivity index (χ2v) is 4.35. The fourth-order valence-corrected chi connectivity index (χ4v) is 1.82. The van der Waals surface area contributed by atoms with Crippen molar-refractivity contribution in [3.05, 3.63) is 0 Å². The molecule has 0 aliphatic rings. The van der Waals surface area contributed by atoms with Crippen LogP contribution in [0.4, 0.5) is 4.39 Å². The molecule has 6 nitrogen and oxygen atoms in total. The Labute approximate surface area is 93.6 Å². The van der Waals surface area contributed by atoms with E-state index in [4.69, 9.17) is 14.9 Å². The third-order valence-corrected chi connectivity index (χ3v) is 2.74. The summed E-state index contributed by atoms with van der Waals surface area (Å²) in [5.74, 6) is -2.76. The Kier molecular flexibility index (Phi) is 7.12. The van der Waals surface area contributed by atoms with Crippen LogP contribution in [0, 0.1) is 5.92 Å². The van der Waals surface area contributed by atoms with E-state index in [-0.39, 0.29) is 19.3 Å². The number of hydrogen-bond acceptors (Lipinski definition) is 4. The van der Waals surface area contributed by atoms with Gasteiger partial charge in [0.25, 0.3) is 0 Å². The minimum Gasteiger partial charge on any atom is -0.481 e. The van der Waals surface area contributed by atoms with E-state index >= 15 is 0 Å². The minimum atomic E-state index is -2.34. The molecule has 0 aromatic heterocycles.